The summed E-state index contributed by atoms with van der Waals surface area (Å²) in [6.07, 6.45) is 3.69. The fourth-order valence-corrected chi connectivity index (χ4v) is 1.86. The Morgan fingerprint density at radius 3 is 2.94 bits per heavy atom. The van der Waals surface area contributed by atoms with Gasteiger partial charge in [0.1, 0.15) is 17.7 Å². The van der Waals surface area contributed by atoms with E-state index in [9.17, 15) is 4.39 Å². The van der Waals surface area contributed by atoms with Gasteiger partial charge in [0.25, 0.3) is 0 Å². The molecule has 0 saturated heterocycles. The molecule has 3 heteroatoms. The Morgan fingerprint density at radius 2 is 2.31 bits per heavy atom. The van der Waals surface area contributed by atoms with Gasteiger partial charge in [0, 0.05) is 6.07 Å². The fraction of sp³-hybridized carbons (Fsp3) is 0.538. The molecular weight excluding hydrogens is 205 g/mol. The van der Waals surface area contributed by atoms with E-state index in [0.29, 0.717) is 11.7 Å². The first-order valence-electron chi connectivity index (χ1n) is 5.86. The van der Waals surface area contributed by atoms with E-state index in [0.717, 1.165) is 13.0 Å². The van der Waals surface area contributed by atoms with Crippen LogP contribution in [0.4, 0.5) is 4.39 Å². The van der Waals surface area contributed by atoms with Crippen molar-refractivity contribution in [2.75, 3.05) is 13.6 Å². The van der Waals surface area contributed by atoms with Crippen LogP contribution < -0.4 is 10.1 Å². The van der Waals surface area contributed by atoms with Crippen molar-refractivity contribution in [2.45, 2.75) is 25.4 Å². The number of hydrogen-bond acceptors (Lipinski definition) is 2. The van der Waals surface area contributed by atoms with E-state index >= 15 is 0 Å². The third-order valence-corrected chi connectivity index (χ3v) is 2.91. The summed E-state index contributed by atoms with van der Waals surface area (Å²) in [6.45, 7) is 0.941. The van der Waals surface area contributed by atoms with E-state index in [1.54, 1.807) is 6.07 Å². The third kappa shape index (κ3) is 3.20. The molecule has 1 N–H and O–H groups in total. The van der Waals surface area contributed by atoms with Crippen molar-refractivity contribution < 1.29 is 9.13 Å². The summed E-state index contributed by atoms with van der Waals surface area (Å²) < 4.78 is 18.8. The maximum atomic E-state index is 13.0. The molecule has 0 radical (unpaired) electrons. The van der Waals surface area contributed by atoms with Crippen molar-refractivity contribution >= 4 is 0 Å². The molecule has 0 aliphatic heterocycles. The van der Waals surface area contributed by atoms with E-state index in [2.05, 4.69) is 5.32 Å². The highest BCUT2D eigenvalue weighted by Gasteiger charge is 2.32. The smallest absolute Gasteiger partial charge is 0.126 e. The highest BCUT2D eigenvalue weighted by Crippen LogP contribution is 2.36. The zero-order valence-electron chi connectivity index (χ0n) is 9.58. The van der Waals surface area contributed by atoms with Crippen molar-refractivity contribution in [3.63, 3.8) is 0 Å². The second kappa shape index (κ2) is 5.30. The van der Waals surface area contributed by atoms with Gasteiger partial charge in [-0.1, -0.05) is 6.07 Å². The molecule has 1 saturated carbocycles. The molecule has 1 aliphatic rings. The van der Waals surface area contributed by atoms with E-state index in [4.69, 9.17) is 4.74 Å². The molecule has 1 fully saturated rings. The number of halogens is 1. The maximum absolute atomic E-state index is 13.0. The molecular formula is C13H18FNO. The molecule has 88 valence electrons. The predicted octanol–water partition coefficient (Wildman–Crippen LogP) is 2.59. The molecule has 1 atom stereocenters. The third-order valence-electron chi connectivity index (χ3n) is 2.91. The lowest BCUT2D eigenvalue weighted by atomic mass is 10.1. The van der Waals surface area contributed by atoms with Gasteiger partial charge in [-0.15, -0.1) is 0 Å². The summed E-state index contributed by atoms with van der Waals surface area (Å²) in [7, 11) is 1.94. The lowest BCUT2D eigenvalue weighted by Crippen LogP contribution is -2.24. The lowest BCUT2D eigenvalue weighted by molar-refractivity contribution is 0.167. The molecule has 0 spiro atoms. The first-order valence-corrected chi connectivity index (χ1v) is 5.86. The van der Waals surface area contributed by atoms with Gasteiger partial charge in [0.2, 0.25) is 0 Å². The summed E-state index contributed by atoms with van der Waals surface area (Å²) in [4.78, 5) is 0. The van der Waals surface area contributed by atoms with Crippen LogP contribution in [0.2, 0.25) is 0 Å². The maximum Gasteiger partial charge on any atom is 0.126 e. The van der Waals surface area contributed by atoms with Crippen molar-refractivity contribution in [3.8, 4) is 5.75 Å². The Bertz CT molecular complexity index is 338. The van der Waals surface area contributed by atoms with E-state index in [-0.39, 0.29) is 11.9 Å². The quantitative estimate of drug-likeness (QED) is 0.800. The Labute approximate surface area is 95.8 Å². The molecule has 0 aromatic heterocycles. The molecule has 1 aromatic rings. The largest absolute Gasteiger partial charge is 0.490 e. The average molecular weight is 223 g/mol. The van der Waals surface area contributed by atoms with Gasteiger partial charge in [0.15, 0.2) is 0 Å². The average Bonchev–Trinajstić information content (AvgIpc) is 3.08. The van der Waals surface area contributed by atoms with Crippen LogP contribution in [0.25, 0.3) is 0 Å². The van der Waals surface area contributed by atoms with Crippen molar-refractivity contribution in [1.29, 1.82) is 0 Å². The van der Waals surface area contributed by atoms with Crippen LogP contribution in [0, 0.1) is 11.7 Å². The number of nitrogens with one attached hydrogen (secondary N) is 1. The van der Waals surface area contributed by atoms with Crippen molar-refractivity contribution in [2.24, 2.45) is 5.92 Å². The van der Waals surface area contributed by atoms with Gasteiger partial charge >= 0.3 is 0 Å². The van der Waals surface area contributed by atoms with Gasteiger partial charge in [-0.05, 0) is 50.9 Å². The van der Waals surface area contributed by atoms with Crippen LogP contribution >= 0.6 is 0 Å². The van der Waals surface area contributed by atoms with E-state index < -0.39 is 0 Å². The Hall–Kier alpha value is -1.09. The van der Waals surface area contributed by atoms with E-state index in [1.807, 2.05) is 13.1 Å². The second-order valence-electron chi connectivity index (χ2n) is 4.34. The summed E-state index contributed by atoms with van der Waals surface area (Å²) in [5.41, 5.74) is 0. The van der Waals surface area contributed by atoms with Crippen LogP contribution in [0.1, 0.15) is 19.3 Å². The summed E-state index contributed by atoms with van der Waals surface area (Å²) >= 11 is 0. The normalized spacial score (nSPS) is 17.1. The number of hydrogen-bond donors (Lipinski definition) is 1. The van der Waals surface area contributed by atoms with Gasteiger partial charge in [-0.2, -0.15) is 0 Å². The minimum absolute atomic E-state index is 0.231. The number of benzene rings is 1. The number of ether oxygens (including phenoxy) is 1. The van der Waals surface area contributed by atoms with Crippen LogP contribution in [0.15, 0.2) is 24.3 Å². The Morgan fingerprint density at radius 1 is 1.50 bits per heavy atom. The first kappa shape index (κ1) is 11.4. The Balaban J connectivity index is 1.94. The predicted molar refractivity (Wildman–Crippen MR) is 62.1 cm³/mol. The van der Waals surface area contributed by atoms with Crippen LogP contribution in [-0.4, -0.2) is 19.7 Å². The standard InChI is InChI=1S/C13H18FNO/c1-15-8-7-13(10-5-6-10)16-12-4-2-3-11(14)9-12/h2-4,9-10,13,15H,5-8H2,1H3. The summed E-state index contributed by atoms with van der Waals surface area (Å²) in [5.74, 6) is 1.07. The summed E-state index contributed by atoms with van der Waals surface area (Å²) in [6, 6.07) is 6.39. The fourth-order valence-electron chi connectivity index (χ4n) is 1.86. The second-order valence-corrected chi connectivity index (χ2v) is 4.34. The molecule has 1 unspecified atom stereocenters. The molecule has 0 heterocycles. The molecule has 0 bridgehead atoms. The zero-order chi connectivity index (χ0) is 11.4. The molecule has 1 aliphatic carbocycles. The van der Waals surface area contributed by atoms with Gasteiger partial charge < -0.3 is 10.1 Å². The molecule has 0 amide bonds. The lowest BCUT2D eigenvalue weighted by Gasteiger charge is -2.18. The molecule has 2 rings (SSSR count). The van der Waals surface area contributed by atoms with Crippen LogP contribution in [-0.2, 0) is 0 Å². The van der Waals surface area contributed by atoms with Crippen LogP contribution in [0.3, 0.4) is 0 Å². The van der Waals surface area contributed by atoms with E-state index in [1.165, 1.54) is 25.0 Å². The number of rotatable bonds is 6. The van der Waals surface area contributed by atoms with Crippen LogP contribution in [0.5, 0.6) is 5.75 Å². The molecule has 2 nitrogen and oxygen atoms in total. The van der Waals surface area contributed by atoms with Gasteiger partial charge in [0.05, 0.1) is 0 Å². The van der Waals surface area contributed by atoms with Gasteiger partial charge in [-0.3, -0.25) is 0 Å². The van der Waals surface area contributed by atoms with Crippen molar-refractivity contribution in [1.82, 2.24) is 5.32 Å². The molecule has 1 aromatic carbocycles. The minimum atomic E-state index is -0.235. The first-order chi connectivity index (χ1) is 7.79. The highest BCUT2D eigenvalue weighted by atomic mass is 19.1. The Kier molecular flexibility index (Phi) is 3.78. The SMILES string of the molecule is CNCCC(Oc1cccc(F)c1)C1CC1. The minimum Gasteiger partial charge on any atom is -0.490 e. The highest BCUT2D eigenvalue weighted by molar-refractivity contribution is 5.22. The summed E-state index contributed by atoms with van der Waals surface area (Å²) in [5, 5.41) is 3.12. The monoisotopic (exact) mass is 223 g/mol. The van der Waals surface area contributed by atoms with Gasteiger partial charge in [-0.25, -0.2) is 4.39 Å². The van der Waals surface area contributed by atoms with Crippen molar-refractivity contribution in [3.05, 3.63) is 30.1 Å². The zero-order valence-corrected chi connectivity index (χ0v) is 9.58. The molecule has 16 heavy (non-hydrogen) atoms. The topological polar surface area (TPSA) is 21.3 Å².